The van der Waals surface area contributed by atoms with Gasteiger partial charge < -0.3 is 19.5 Å². The van der Waals surface area contributed by atoms with Crippen LogP contribution in [0.3, 0.4) is 0 Å². The maximum atomic E-state index is 11.8. The lowest BCUT2D eigenvalue weighted by Crippen LogP contribution is -2.33. The van der Waals surface area contributed by atoms with Crippen LogP contribution in [0, 0.1) is 0 Å². The molecule has 0 aliphatic heterocycles. The molecule has 0 heterocycles. The van der Waals surface area contributed by atoms with Gasteiger partial charge in [-0.05, 0) is 36.8 Å². The summed E-state index contributed by atoms with van der Waals surface area (Å²) < 4.78 is 39.6. The molecule has 7 nitrogen and oxygen atoms in total. The Kier molecular flexibility index (Phi) is 10.0. The zero-order chi connectivity index (χ0) is 20.7. The SMILES string of the molecule is COc1ccccc1OCCNC(C)C(Cl)c1ccc(OC)c(S(N)(=O)=O)c1.Cl. The summed E-state index contributed by atoms with van der Waals surface area (Å²) in [6, 6.07) is 12.0. The van der Waals surface area contributed by atoms with Gasteiger partial charge in [-0.15, -0.1) is 24.0 Å². The number of ether oxygens (including phenoxy) is 3. The minimum atomic E-state index is -3.92. The lowest BCUT2D eigenvalue weighted by atomic mass is 10.1. The number of primary sulfonamides is 1. The van der Waals surface area contributed by atoms with Gasteiger partial charge in [-0.1, -0.05) is 18.2 Å². The summed E-state index contributed by atoms with van der Waals surface area (Å²) in [7, 11) is -0.950. The molecule has 0 aromatic heterocycles. The van der Waals surface area contributed by atoms with Crippen LogP contribution in [0.2, 0.25) is 0 Å². The molecule has 0 radical (unpaired) electrons. The third kappa shape index (κ3) is 6.94. The smallest absolute Gasteiger partial charge is 0.241 e. The van der Waals surface area contributed by atoms with Gasteiger partial charge in [-0.3, -0.25) is 0 Å². The fourth-order valence-corrected chi connectivity index (χ4v) is 3.62. The van der Waals surface area contributed by atoms with Crippen LogP contribution in [-0.2, 0) is 10.0 Å². The van der Waals surface area contributed by atoms with Crippen molar-refractivity contribution in [2.75, 3.05) is 27.4 Å². The standard InChI is InChI=1S/C19H25ClN2O5S.ClH/c1-13(22-10-11-27-16-7-5-4-6-15(16)25-2)19(20)14-8-9-17(26-3)18(12-14)28(21,23)24;/h4-9,12-13,19,22H,10-11H2,1-3H3,(H2,21,23,24);1H. The van der Waals surface area contributed by atoms with Crippen LogP contribution in [0.15, 0.2) is 47.4 Å². The summed E-state index contributed by atoms with van der Waals surface area (Å²) in [5.41, 5.74) is 0.622. The van der Waals surface area contributed by atoms with Crippen molar-refractivity contribution in [2.45, 2.75) is 23.2 Å². The van der Waals surface area contributed by atoms with Crippen molar-refractivity contribution in [2.24, 2.45) is 5.14 Å². The van der Waals surface area contributed by atoms with Crippen LogP contribution in [0.25, 0.3) is 0 Å². The van der Waals surface area contributed by atoms with Crippen LogP contribution in [0.5, 0.6) is 17.2 Å². The van der Waals surface area contributed by atoms with Crippen LogP contribution in [-0.4, -0.2) is 41.8 Å². The average Bonchev–Trinajstić information content (AvgIpc) is 2.69. The monoisotopic (exact) mass is 464 g/mol. The second-order valence-electron chi connectivity index (χ2n) is 6.10. The topological polar surface area (TPSA) is 99.9 Å². The molecule has 0 fully saturated rings. The molecule has 29 heavy (non-hydrogen) atoms. The summed E-state index contributed by atoms with van der Waals surface area (Å²) in [4.78, 5) is -0.0927. The Bertz CT molecular complexity index is 896. The van der Waals surface area contributed by atoms with Crippen molar-refractivity contribution in [3.63, 3.8) is 0 Å². The van der Waals surface area contributed by atoms with Gasteiger partial charge in [0.1, 0.15) is 17.3 Å². The number of sulfonamides is 1. The highest BCUT2D eigenvalue weighted by atomic mass is 35.5. The van der Waals surface area contributed by atoms with E-state index in [0.29, 0.717) is 30.2 Å². The van der Waals surface area contributed by atoms with Crippen molar-refractivity contribution in [1.82, 2.24) is 5.32 Å². The number of benzene rings is 2. The van der Waals surface area contributed by atoms with E-state index in [0.717, 1.165) is 0 Å². The van der Waals surface area contributed by atoms with Crippen molar-refractivity contribution in [1.29, 1.82) is 0 Å². The molecular formula is C19H26Cl2N2O5S. The molecule has 2 unspecified atom stereocenters. The third-order valence-electron chi connectivity index (χ3n) is 4.15. The molecule has 2 aromatic carbocycles. The van der Waals surface area contributed by atoms with Gasteiger partial charge in [-0.2, -0.15) is 0 Å². The number of halogens is 2. The lowest BCUT2D eigenvalue weighted by molar-refractivity contribution is 0.286. The molecule has 162 valence electrons. The predicted molar refractivity (Wildman–Crippen MR) is 116 cm³/mol. The van der Waals surface area contributed by atoms with Crippen molar-refractivity contribution in [3.05, 3.63) is 48.0 Å². The highest BCUT2D eigenvalue weighted by Gasteiger charge is 2.21. The number of methoxy groups -OCH3 is 2. The maximum Gasteiger partial charge on any atom is 0.241 e. The van der Waals surface area contributed by atoms with E-state index in [1.165, 1.54) is 13.2 Å². The van der Waals surface area contributed by atoms with E-state index in [2.05, 4.69) is 5.32 Å². The normalized spacial score (nSPS) is 13.1. The number of hydrogen-bond acceptors (Lipinski definition) is 6. The number of alkyl halides is 1. The van der Waals surface area contributed by atoms with Crippen LogP contribution >= 0.6 is 24.0 Å². The Morgan fingerprint density at radius 1 is 1.07 bits per heavy atom. The first-order valence-corrected chi connectivity index (χ1v) is 10.6. The molecule has 2 rings (SSSR count). The van der Waals surface area contributed by atoms with Gasteiger partial charge in [0.25, 0.3) is 0 Å². The van der Waals surface area contributed by atoms with E-state index in [1.54, 1.807) is 19.2 Å². The first-order valence-electron chi connectivity index (χ1n) is 8.62. The maximum absolute atomic E-state index is 11.8. The molecule has 0 aliphatic rings. The van der Waals surface area contributed by atoms with Gasteiger partial charge in [0.2, 0.25) is 10.0 Å². The van der Waals surface area contributed by atoms with Crippen molar-refractivity contribution >= 4 is 34.0 Å². The molecule has 2 atom stereocenters. The van der Waals surface area contributed by atoms with E-state index in [9.17, 15) is 8.42 Å². The first kappa shape index (κ1) is 25.3. The fourth-order valence-electron chi connectivity index (χ4n) is 2.66. The molecule has 0 bridgehead atoms. The molecule has 0 saturated heterocycles. The van der Waals surface area contributed by atoms with Gasteiger partial charge in [0.15, 0.2) is 11.5 Å². The fraction of sp³-hybridized carbons (Fsp3) is 0.368. The summed E-state index contributed by atoms with van der Waals surface area (Å²) in [6.07, 6.45) is 0. The highest BCUT2D eigenvalue weighted by molar-refractivity contribution is 7.89. The summed E-state index contributed by atoms with van der Waals surface area (Å²) in [6.45, 7) is 2.86. The molecule has 2 aromatic rings. The summed E-state index contributed by atoms with van der Waals surface area (Å²) in [5.74, 6) is 1.51. The van der Waals surface area contributed by atoms with Gasteiger partial charge in [0, 0.05) is 12.6 Å². The molecule has 0 aliphatic carbocycles. The quantitative estimate of drug-likeness (QED) is 0.413. The molecule has 3 N–H and O–H groups in total. The Morgan fingerprint density at radius 2 is 1.69 bits per heavy atom. The lowest BCUT2D eigenvalue weighted by Gasteiger charge is -2.21. The first-order chi connectivity index (χ1) is 13.3. The largest absolute Gasteiger partial charge is 0.495 e. The minimum Gasteiger partial charge on any atom is -0.495 e. The van der Waals surface area contributed by atoms with E-state index in [4.69, 9.17) is 31.0 Å². The summed E-state index contributed by atoms with van der Waals surface area (Å²) >= 11 is 6.52. The average molecular weight is 465 g/mol. The number of para-hydroxylation sites is 2. The van der Waals surface area contributed by atoms with Crippen LogP contribution in [0.1, 0.15) is 17.9 Å². The second kappa shape index (κ2) is 11.5. The highest BCUT2D eigenvalue weighted by Crippen LogP contribution is 2.31. The van der Waals surface area contributed by atoms with E-state index >= 15 is 0 Å². The molecule has 0 spiro atoms. The molecule has 0 saturated carbocycles. The number of nitrogens with one attached hydrogen (secondary N) is 1. The summed E-state index contributed by atoms with van der Waals surface area (Å²) in [5, 5.41) is 8.05. The zero-order valence-corrected chi connectivity index (χ0v) is 18.8. The number of hydrogen-bond donors (Lipinski definition) is 2. The number of rotatable bonds is 10. The third-order valence-corrected chi connectivity index (χ3v) is 5.71. The van der Waals surface area contributed by atoms with Crippen molar-refractivity contribution < 1.29 is 22.6 Å². The van der Waals surface area contributed by atoms with Gasteiger partial charge >= 0.3 is 0 Å². The zero-order valence-electron chi connectivity index (χ0n) is 16.4. The Hall–Kier alpha value is -1.71. The minimum absolute atomic E-state index is 0. The van der Waals surface area contributed by atoms with E-state index < -0.39 is 15.4 Å². The predicted octanol–water partition coefficient (Wildman–Crippen LogP) is 3.11. The molecular weight excluding hydrogens is 439 g/mol. The van der Waals surface area contributed by atoms with E-state index in [1.807, 2.05) is 31.2 Å². The molecule has 10 heteroatoms. The van der Waals surface area contributed by atoms with Crippen LogP contribution < -0.4 is 24.7 Å². The second-order valence-corrected chi connectivity index (χ2v) is 8.10. The van der Waals surface area contributed by atoms with Gasteiger partial charge in [0.05, 0.1) is 19.6 Å². The number of nitrogens with two attached hydrogens (primary N) is 1. The molecule has 0 amide bonds. The Morgan fingerprint density at radius 3 is 2.28 bits per heavy atom. The van der Waals surface area contributed by atoms with E-state index in [-0.39, 0.29) is 29.1 Å². The van der Waals surface area contributed by atoms with Gasteiger partial charge in [-0.25, -0.2) is 13.6 Å². The Labute approximate surface area is 182 Å². The van der Waals surface area contributed by atoms with Crippen molar-refractivity contribution in [3.8, 4) is 17.2 Å². The van der Waals surface area contributed by atoms with Crippen LogP contribution in [0.4, 0.5) is 0 Å². The Balaban J connectivity index is 0.00000420.